The molecule has 0 radical (unpaired) electrons. The number of carbonyl (C=O) groups is 2. The normalized spacial score (nSPS) is 10.5. The van der Waals surface area contributed by atoms with Gasteiger partial charge in [0.15, 0.2) is 0 Å². The SMILES string of the molecule is COc1ccc(OCCN(C)C(=O)Cn2cc(NC(=O)CCNc3cc(C)ncc3C)cn2)cc1. The zero-order valence-corrected chi connectivity index (χ0v) is 20.6. The maximum Gasteiger partial charge on any atom is 0.244 e. The number of benzene rings is 1. The molecule has 0 fully saturated rings. The van der Waals surface area contributed by atoms with Crippen molar-refractivity contribution in [2.24, 2.45) is 0 Å². The molecule has 0 unspecified atom stereocenters. The van der Waals surface area contributed by atoms with E-state index >= 15 is 0 Å². The van der Waals surface area contributed by atoms with Crippen molar-refractivity contribution in [3.8, 4) is 11.5 Å². The van der Waals surface area contributed by atoms with E-state index in [4.69, 9.17) is 9.47 Å². The summed E-state index contributed by atoms with van der Waals surface area (Å²) in [6.07, 6.45) is 5.27. The highest BCUT2D eigenvalue weighted by Crippen LogP contribution is 2.17. The molecular formula is C25H32N6O4. The highest BCUT2D eigenvalue weighted by atomic mass is 16.5. The summed E-state index contributed by atoms with van der Waals surface area (Å²) in [5.74, 6) is 1.21. The van der Waals surface area contributed by atoms with Crippen LogP contribution in [-0.4, -0.2) is 65.3 Å². The number of carbonyl (C=O) groups excluding carboxylic acids is 2. The number of nitrogens with one attached hydrogen (secondary N) is 2. The molecule has 0 bridgehead atoms. The van der Waals surface area contributed by atoms with Gasteiger partial charge in [-0.2, -0.15) is 5.10 Å². The quantitative estimate of drug-likeness (QED) is 0.410. The molecule has 2 amide bonds. The Kier molecular flexibility index (Phi) is 9.05. The first-order chi connectivity index (χ1) is 16.8. The van der Waals surface area contributed by atoms with E-state index in [1.807, 2.05) is 44.2 Å². The van der Waals surface area contributed by atoms with Gasteiger partial charge in [0.2, 0.25) is 11.8 Å². The van der Waals surface area contributed by atoms with Crippen LogP contribution in [0.4, 0.5) is 11.4 Å². The van der Waals surface area contributed by atoms with Crippen LogP contribution in [0.5, 0.6) is 11.5 Å². The average molecular weight is 481 g/mol. The Morgan fingerprint density at radius 3 is 2.60 bits per heavy atom. The van der Waals surface area contributed by atoms with Crippen LogP contribution in [0.2, 0.25) is 0 Å². The summed E-state index contributed by atoms with van der Waals surface area (Å²) >= 11 is 0. The fourth-order valence-electron chi connectivity index (χ4n) is 3.22. The van der Waals surface area contributed by atoms with Crippen LogP contribution in [0.1, 0.15) is 17.7 Å². The van der Waals surface area contributed by atoms with Crippen LogP contribution in [-0.2, 0) is 16.1 Å². The maximum atomic E-state index is 12.5. The van der Waals surface area contributed by atoms with Crippen molar-refractivity contribution in [1.29, 1.82) is 0 Å². The lowest BCUT2D eigenvalue weighted by atomic mass is 10.2. The molecule has 3 aromatic rings. The van der Waals surface area contributed by atoms with E-state index in [9.17, 15) is 9.59 Å². The average Bonchev–Trinajstić information content (AvgIpc) is 3.28. The van der Waals surface area contributed by atoms with Gasteiger partial charge in [0.1, 0.15) is 24.7 Å². The molecular weight excluding hydrogens is 448 g/mol. The Morgan fingerprint density at radius 1 is 1.11 bits per heavy atom. The highest BCUT2D eigenvalue weighted by Gasteiger charge is 2.12. The van der Waals surface area contributed by atoms with Gasteiger partial charge in [-0.05, 0) is 49.7 Å². The maximum absolute atomic E-state index is 12.5. The molecule has 2 aromatic heterocycles. The number of nitrogens with zero attached hydrogens (tertiary/aromatic N) is 4. The van der Waals surface area contributed by atoms with Crippen LogP contribution in [0.3, 0.4) is 0 Å². The van der Waals surface area contributed by atoms with E-state index in [0.29, 0.717) is 37.6 Å². The van der Waals surface area contributed by atoms with Crippen LogP contribution in [0.25, 0.3) is 0 Å². The molecule has 0 aliphatic carbocycles. The van der Waals surface area contributed by atoms with Crippen LogP contribution in [0, 0.1) is 13.8 Å². The van der Waals surface area contributed by atoms with Crippen LogP contribution >= 0.6 is 0 Å². The highest BCUT2D eigenvalue weighted by molar-refractivity contribution is 5.90. The molecule has 0 atom stereocenters. The third kappa shape index (κ3) is 8.02. The fourth-order valence-corrected chi connectivity index (χ4v) is 3.22. The second kappa shape index (κ2) is 12.4. The Morgan fingerprint density at radius 2 is 1.86 bits per heavy atom. The standard InChI is InChI=1S/C25H32N6O4/c1-18-14-27-19(2)13-23(18)26-10-9-24(32)29-20-15-28-31(16-20)17-25(33)30(3)11-12-35-22-7-5-21(34-4)6-8-22/h5-8,13-16H,9-12,17H2,1-4H3,(H,26,27)(H,29,32). The van der Waals surface area contributed by atoms with Crippen molar-refractivity contribution in [3.05, 3.63) is 60.2 Å². The molecule has 35 heavy (non-hydrogen) atoms. The molecule has 0 spiro atoms. The molecule has 10 nitrogen and oxygen atoms in total. The van der Waals surface area contributed by atoms with E-state index in [1.165, 1.54) is 10.9 Å². The number of aromatic nitrogens is 3. The first-order valence-corrected chi connectivity index (χ1v) is 11.3. The Bertz CT molecular complexity index is 1130. The summed E-state index contributed by atoms with van der Waals surface area (Å²) < 4.78 is 12.3. The van der Waals surface area contributed by atoms with Gasteiger partial charge < -0.3 is 25.0 Å². The molecule has 0 aliphatic rings. The van der Waals surface area contributed by atoms with Crippen molar-refractivity contribution in [2.75, 3.05) is 44.5 Å². The van der Waals surface area contributed by atoms with Crippen molar-refractivity contribution >= 4 is 23.2 Å². The summed E-state index contributed by atoms with van der Waals surface area (Å²) in [7, 11) is 3.32. The molecule has 0 saturated heterocycles. The zero-order valence-electron chi connectivity index (χ0n) is 20.6. The number of methoxy groups -OCH3 is 1. The monoisotopic (exact) mass is 480 g/mol. The number of hydrogen-bond donors (Lipinski definition) is 2. The minimum Gasteiger partial charge on any atom is -0.497 e. The molecule has 2 heterocycles. The van der Waals surface area contributed by atoms with Gasteiger partial charge in [-0.15, -0.1) is 0 Å². The molecule has 10 heteroatoms. The lowest BCUT2D eigenvalue weighted by Gasteiger charge is -2.17. The van der Waals surface area contributed by atoms with E-state index in [1.54, 1.807) is 31.5 Å². The Labute approximate surface area is 205 Å². The van der Waals surface area contributed by atoms with E-state index in [2.05, 4.69) is 20.7 Å². The van der Waals surface area contributed by atoms with E-state index in [0.717, 1.165) is 22.7 Å². The number of rotatable bonds is 12. The summed E-state index contributed by atoms with van der Waals surface area (Å²) in [4.78, 5) is 30.6. The number of aryl methyl sites for hydroxylation is 2. The van der Waals surface area contributed by atoms with Crippen LogP contribution in [0.15, 0.2) is 48.9 Å². The third-order valence-corrected chi connectivity index (χ3v) is 5.30. The van der Waals surface area contributed by atoms with E-state index < -0.39 is 0 Å². The topological polar surface area (TPSA) is 111 Å². The van der Waals surface area contributed by atoms with Gasteiger partial charge in [-0.25, -0.2) is 0 Å². The van der Waals surface area contributed by atoms with Gasteiger partial charge in [-0.1, -0.05) is 0 Å². The smallest absolute Gasteiger partial charge is 0.244 e. The second-order valence-electron chi connectivity index (χ2n) is 8.13. The minimum atomic E-state index is -0.139. The summed E-state index contributed by atoms with van der Waals surface area (Å²) in [5.41, 5.74) is 3.46. The first kappa shape index (κ1) is 25.5. The number of pyridine rings is 1. The Balaban J connectivity index is 1.37. The van der Waals surface area contributed by atoms with Gasteiger partial charge >= 0.3 is 0 Å². The number of anilines is 2. The van der Waals surface area contributed by atoms with Crippen LogP contribution < -0.4 is 20.1 Å². The molecule has 0 aliphatic heterocycles. The minimum absolute atomic E-state index is 0.0666. The lowest BCUT2D eigenvalue weighted by Crippen LogP contribution is -2.33. The summed E-state index contributed by atoms with van der Waals surface area (Å²) in [5, 5.41) is 10.2. The first-order valence-electron chi connectivity index (χ1n) is 11.3. The second-order valence-corrected chi connectivity index (χ2v) is 8.13. The predicted octanol–water partition coefficient (Wildman–Crippen LogP) is 2.88. The summed E-state index contributed by atoms with van der Waals surface area (Å²) in [6, 6.07) is 9.22. The van der Waals surface area contributed by atoms with Crippen molar-refractivity contribution < 1.29 is 19.1 Å². The molecule has 0 saturated carbocycles. The van der Waals surface area contributed by atoms with E-state index in [-0.39, 0.29) is 18.4 Å². The number of amides is 2. The Hall–Kier alpha value is -4.08. The van der Waals surface area contributed by atoms with Gasteiger partial charge in [0.25, 0.3) is 0 Å². The van der Waals surface area contributed by atoms with Gasteiger partial charge in [0, 0.05) is 43.8 Å². The predicted molar refractivity (Wildman–Crippen MR) is 134 cm³/mol. The molecule has 3 rings (SSSR count). The van der Waals surface area contributed by atoms with Gasteiger partial charge in [-0.3, -0.25) is 19.3 Å². The zero-order chi connectivity index (χ0) is 25.2. The molecule has 1 aromatic carbocycles. The molecule has 2 N–H and O–H groups in total. The van der Waals surface area contributed by atoms with Crippen molar-refractivity contribution in [2.45, 2.75) is 26.8 Å². The largest absolute Gasteiger partial charge is 0.497 e. The van der Waals surface area contributed by atoms with Crippen molar-refractivity contribution in [3.63, 3.8) is 0 Å². The fraction of sp³-hybridized carbons (Fsp3) is 0.360. The number of hydrogen-bond acceptors (Lipinski definition) is 7. The lowest BCUT2D eigenvalue weighted by molar-refractivity contribution is -0.131. The van der Waals surface area contributed by atoms with Gasteiger partial charge in [0.05, 0.1) is 25.5 Å². The van der Waals surface area contributed by atoms with Crippen molar-refractivity contribution in [1.82, 2.24) is 19.7 Å². The third-order valence-electron chi connectivity index (χ3n) is 5.30. The number of likely N-dealkylation sites (N-methyl/N-ethyl adjacent to an activating group) is 1. The molecule has 186 valence electrons. The summed E-state index contributed by atoms with van der Waals surface area (Å²) in [6.45, 7) is 5.24. The number of ether oxygens (including phenoxy) is 2.